The Bertz CT molecular complexity index is 461. The van der Waals surface area contributed by atoms with Crippen LogP contribution in [0.25, 0.3) is 0 Å². The highest BCUT2D eigenvalue weighted by molar-refractivity contribution is 5.96. The Morgan fingerprint density at radius 1 is 1.11 bits per heavy atom. The van der Waals surface area contributed by atoms with E-state index in [2.05, 4.69) is 9.47 Å². The largest absolute Gasteiger partial charge is 0.393 e. The fourth-order valence-corrected chi connectivity index (χ4v) is 2.10. The van der Waals surface area contributed by atoms with Crippen molar-refractivity contribution in [1.29, 1.82) is 0 Å². The molecular formula is C12H12O6. The molecule has 2 aliphatic rings. The van der Waals surface area contributed by atoms with Crippen LogP contribution in [0.5, 0.6) is 0 Å². The van der Waals surface area contributed by atoms with Gasteiger partial charge < -0.3 is 9.47 Å². The molecule has 2 atom stereocenters. The first-order chi connectivity index (χ1) is 8.45. The van der Waals surface area contributed by atoms with Gasteiger partial charge in [-0.05, 0) is 13.3 Å². The molecule has 2 fully saturated rings. The van der Waals surface area contributed by atoms with E-state index in [1.807, 2.05) is 0 Å². The molecule has 0 amide bonds. The van der Waals surface area contributed by atoms with E-state index in [0.29, 0.717) is 6.42 Å². The molecule has 2 heterocycles. The van der Waals surface area contributed by atoms with Crippen molar-refractivity contribution in [2.45, 2.75) is 26.2 Å². The van der Waals surface area contributed by atoms with Gasteiger partial charge in [0.2, 0.25) is 0 Å². The van der Waals surface area contributed by atoms with Gasteiger partial charge in [0.05, 0.1) is 24.7 Å². The molecule has 96 valence electrons. The average molecular weight is 252 g/mol. The second-order valence-corrected chi connectivity index (χ2v) is 4.52. The molecule has 0 N–H and O–H groups in total. The summed E-state index contributed by atoms with van der Waals surface area (Å²) in [6.07, 6.45) is 2.06. The highest BCUT2D eigenvalue weighted by Gasteiger charge is 2.35. The normalized spacial score (nSPS) is 28.6. The monoisotopic (exact) mass is 252 g/mol. The standard InChI is InChI=1S/C12H12O6/c1-6(2-7-4-9(13)17-11(7)15)3-8-5-10(14)18-12(8)16/h2,7-8H,3-5H2,1H3. The minimum Gasteiger partial charge on any atom is -0.393 e. The van der Waals surface area contributed by atoms with Crippen molar-refractivity contribution >= 4 is 23.9 Å². The molecule has 2 unspecified atom stereocenters. The zero-order chi connectivity index (χ0) is 13.3. The Morgan fingerprint density at radius 2 is 1.72 bits per heavy atom. The second-order valence-electron chi connectivity index (χ2n) is 4.52. The van der Waals surface area contributed by atoms with Gasteiger partial charge in [-0.25, -0.2) is 0 Å². The van der Waals surface area contributed by atoms with Crippen molar-refractivity contribution in [3.05, 3.63) is 11.6 Å². The highest BCUT2D eigenvalue weighted by atomic mass is 16.6. The maximum atomic E-state index is 11.3. The van der Waals surface area contributed by atoms with Gasteiger partial charge in [0.1, 0.15) is 0 Å². The number of hydrogen-bond donors (Lipinski definition) is 0. The second kappa shape index (κ2) is 4.72. The molecule has 2 rings (SSSR count). The first-order valence-electron chi connectivity index (χ1n) is 5.62. The number of carbonyl (C=O) groups excluding carboxylic acids is 4. The van der Waals surface area contributed by atoms with Gasteiger partial charge in [0.25, 0.3) is 0 Å². The van der Waals surface area contributed by atoms with E-state index in [1.165, 1.54) is 0 Å². The zero-order valence-electron chi connectivity index (χ0n) is 9.80. The fraction of sp³-hybridized carbons (Fsp3) is 0.500. The van der Waals surface area contributed by atoms with Crippen LogP contribution in [0.2, 0.25) is 0 Å². The molecule has 0 aromatic carbocycles. The molecule has 18 heavy (non-hydrogen) atoms. The van der Waals surface area contributed by atoms with Crippen molar-refractivity contribution in [2.75, 3.05) is 0 Å². The minimum atomic E-state index is -0.578. The summed E-state index contributed by atoms with van der Waals surface area (Å²) in [5.74, 6) is -3.22. The topological polar surface area (TPSA) is 86.7 Å². The third-order valence-electron chi connectivity index (χ3n) is 2.92. The third-order valence-corrected chi connectivity index (χ3v) is 2.92. The van der Waals surface area contributed by atoms with Gasteiger partial charge in [0.15, 0.2) is 0 Å². The van der Waals surface area contributed by atoms with Gasteiger partial charge in [-0.1, -0.05) is 11.6 Å². The molecule has 6 nitrogen and oxygen atoms in total. The molecular weight excluding hydrogens is 240 g/mol. The Balaban J connectivity index is 1.97. The van der Waals surface area contributed by atoms with Crippen LogP contribution in [0.3, 0.4) is 0 Å². The molecule has 0 aliphatic carbocycles. The first-order valence-corrected chi connectivity index (χ1v) is 5.62. The van der Waals surface area contributed by atoms with Crippen molar-refractivity contribution in [2.24, 2.45) is 11.8 Å². The fourth-order valence-electron chi connectivity index (χ4n) is 2.10. The lowest BCUT2D eigenvalue weighted by Gasteiger charge is -2.06. The summed E-state index contributed by atoms with van der Waals surface area (Å²) in [5.41, 5.74) is 0.767. The summed E-state index contributed by atoms with van der Waals surface area (Å²) in [6, 6.07) is 0. The number of esters is 4. The highest BCUT2D eigenvalue weighted by Crippen LogP contribution is 2.26. The predicted molar refractivity (Wildman–Crippen MR) is 56.8 cm³/mol. The summed E-state index contributed by atoms with van der Waals surface area (Å²) in [7, 11) is 0. The number of allylic oxidation sites excluding steroid dienone is 1. The summed E-state index contributed by atoms with van der Waals surface area (Å²) in [6.45, 7) is 1.74. The van der Waals surface area contributed by atoms with E-state index in [0.717, 1.165) is 5.57 Å². The quantitative estimate of drug-likeness (QED) is 0.413. The van der Waals surface area contributed by atoms with E-state index < -0.39 is 35.7 Å². The zero-order valence-corrected chi connectivity index (χ0v) is 9.80. The van der Waals surface area contributed by atoms with Gasteiger partial charge >= 0.3 is 23.9 Å². The first kappa shape index (κ1) is 12.5. The Morgan fingerprint density at radius 3 is 2.22 bits per heavy atom. The number of cyclic esters (lactones) is 4. The van der Waals surface area contributed by atoms with E-state index in [4.69, 9.17) is 0 Å². The van der Waals surface area contributed by atoms with Crippen molar-refractivity contribution in [3.63, 3.8) is 0 Å². The van der Waals surface area contributed by atoms with Crippen molar-refractivity contribution in [1.82, 2.24) is 0 Å². The van der Waals surface area contributed by atoms with E-state index >= 15 is 0 Å². The smallest absolute Gasteiger partial charge is 0.321 e. The van der Waals surface area contributed by atoms with Crippen LogP contribution < -0.4 is 0 Å². The third kappa shape index (κ3) is 2.64. The molecule has 2 aliphatic heterocycles. The molecule has 0 bridgehead atoms. The lowest BCUT2D eigenvalue weighted by molar-refractivity contribution is -0.154. The molecule has 0 aromatic rings. The Kier molecular flexibility index (Phi) is 3.27. The van der Waals surface area contributed by atoms with E-state index in [1.54, 1.807) is 13.0 Å². The van der Waals surface area contributed by atoms with Crippen LogP contribution in [0, 0.1) is 11.8 Å². The van der Waals surface area contributed by atoms with E-state index in [9.17, 15) is 19.2 Å². The summed E-state index contributed by atoms with van der Waals surface area (Å²) in [4.78, 5) is 44.3. The molecule has 2 saturated heterocycles. The maximum Gasteiger partial charge on any atom is 0.321 e. The van der Waals surface area contributed by atoms with Gasteiger partial charge in [-0.2, -0.15) is 0 Å². The average Bonchev–Trinajstić information content (AvgIpc) is 2.71. The van der Waals surface area contributed by atoms with Gasteiger partial charge in [-0.15, -0.1) is 0 Å². The number of carbonyl (C=O) groups is 4. The van der Waals surface area contributed by atoms with Crippen molar-refractivity contribution < 1.29 is 28.7 Å². The molecule has 0 radical (unpaired) electrons. The van der Waals surface area contributed by atoms with E-state index in [-0.39, 0.29) is 12.8 Å². The molecule has 0 spiro atoms. The summed E-state index contributed by atoms with van der Waals surface area (Å²) < 4.78 is 8.85. The van der Waals surface area contributed by atoms with Crippen LogP contribution >= 0.6 is 0 Å². The van der Waals surface area contributed by atoms with Crippen LogP contribution in [0.15, 0.2) is 11.6 Å². The van der Waals surface area contributed by atoms with Crippen LogP contribution in [0.1, 0.15) is 26.2 Å². The molecule has 0 saturated carbocycles. The number of rotatable bonds is 3. The molecule has 6 heteroatoms. The Labute approximate surface area is 103 Å². The minimum absolute atomic E-state index is 0.0320. The lowest BCUT2D eigenvalue weighted by Crippen LogP contribution is -2.09. The maximum absolute atomic E-state index is 11.3. The van der Waals surface area contributed by atoms with Crippen LogP contribution in [0.4, 0.5) is 0 Å². The number of hydrogen-bond acceptors (Lipinski definition) is 6. The lowest BCUT2D eigenvalue weighted by atomic mass is 9.95. The van der Waals surface area contributed by atoms with Crippen molar-refractivity contribution in [3.8, 4) is 0 Å². The van der Waals surface area contributed by atoms with Gasteiger partial charge in [-0.3, -0.25) is 19.2 Å². The van der Waals surface area contributed by atoms with Gasteiger partial charge in [0, 0.05) is 0 Å². The summed E-state index contributed by atoms with van der Waals surface area (Å²) in [5, 5.41) is 0. The SMILES string of the molecule is CC(=CC1CC(=O)OC1=O)CC1CC(=O)OC1=O. The Hall–Kier alpha value is -1.98. The summed E-state index contributed by atoms with van der Waals surface area (Å²) >= 11 is 0. The predicted octanol–water partition coefficient (Wildman–Crippen LogP) is 0.502. The van der Waals surface area contributed by atoms with Crippen LogP contribution in [-0.2, 0) is 28.7 Å². The van der Waals surface area contributed by atoms with Crippen LogP contribution in [-0.4, -0.2) is 23.9 Å². The molecule has 0 aromatic heterocycles. The number of ether oxygens (including phenoxy) is 2.